The normalized spacial score (nSPS) is 16.8. The van der Waals surface area contributed by atoms with Gasteiger partial charge in [0.25, 0.3) is 0 Å². The lowest BCUT2D eigenvalue weighted by molar-refractivity contribution is -0.121. The second-order valence-corrected chi connectivity index (χ2v) is 7.89. The van der Waals surface area contributed by atoms with Crippen LogP contribution in [-0.4, -0.2) is 40.6 Å². The quantitative estimate of drug-likeness (QED) is 0.576. The smallest absolute Gasteiger partial charge is 0.241 e. The molecule has 8 heteroatoms. The number of nitrogens with zero attached hydrogens (tertiary/aromatic N) is 3. The highest BCUT2D eigenvalue weighted by atomic mass is 35.5. The number of anilines is 1. The van der Waals surface area contributed by atoms with Gasteiger partial charge in [0, 0.05) is 12.1 Å². The number of rotatable bonds is 7. The summed E-state index contributed by atoms with van der Waals surface area (Å²) < 4.78 is 11.0. The molecular weight excluding hydrogens is 416 g/mol. The summed E-state index contributed by atoms with van der Waals surface area (Å²) in [6.07, 6.45) is 1.77. The highest BCUT2D eigenvalue weighted by Gasteiger charge is 2.27. The average molecular weight is 441 g/mol. The lowest BCUT2D eigenvalue weighted by Gasteiger charge is -2.31. The van der Waals surface area contributed by atoms with Crippen LogP contribution in [0, 0.1) is 5.92 Å². The highest BCUT2D eigenvalue weighted by Crippen LogP contribution is 2.27. The van der Waals surface area contributed by atoms with E-state index >= 15 is 0 Å². The van der Waals surface area contributed by atoms with Crippen molar-refractivity contribution in [1.82, 2.24) is 15.0 Å². The third-order valence-corrected chi connectivity index (χ3v) is 5.59. The molecule has 1 atom stereocenters. The molecule has 1 unspecified atom stereocenters. The average Bonchev–Trinajstić information content (AvgIpc) is 3.24. The summed E-state index contributed by atoms with van der Waals surface area (Å²) in [5.41, 5.74) is 1.44. The van der Waals surface area contributed by atoms with Crippen LogP contribution in [0.2, 0.25) is 5.02 Å². The van der Waals surface area contributed by atoms with Gasteiger partial charge in [-0.2, -0.15) is 4.98 Å². The van der Waals surface area contributed by atoms with Crippen LogP contribution in [0.5, 0.6) is 5.75 Å². The van der Waals surface area contributed by atoms with Gasteiger partial charge in [0.05, 0.1) is 29.8 Å². The van der Waals surface area contributed by atoms with Crippen LogP contribution in [0.1, 0.15) is 25.7 Å². The predicted molar refractivity (Wildman–Crippen MR) is 119 cm³/mol. The van der Waals surface area contributed by atoms with Crippen molar-refractivity contribution in [3.8, 4) is 17.1 Å². The van der Waals surface area contributed by atoms with E-state index in [-0.39, 0.29) is 11.8 Å². The summed E-state index contributed by atoms with van der Waals surface area (Å²) in [6.45, 7) is 4.48. The number of halogens is 1. The van der Waals surface area contributed by atoms with E-state index in [0.717, 1.165) is 24.9 Å². The number of carbonyl (C=O) groups excluding carboxylic acids is 1. The molecule has 3 aromatic rings. The second-order valence-electron chi connectivity index (χ2n) is 7.48. The lowest BCUT2D eigenvalue weighted by Crippen LogP contribution is -2.40. The van der Waals surface area contributed by atoms with Gasteiger partial charge in [0.15, 0.2) is 0 Å². The lowest BCUT2D eigenvalue weighted by atomic mass is 9.97. The first-order valence-corrected chi connectivity index (χ1v) is 10.8. The molecule has 1 amide bonds. The fraction of sp³-hybridized carbons (Fsp3) is 0.348. The van der Waals surface area contributed by atoms with E-state index in [2.05, 4.69) is 20.4 Å². The van der Waals surface area contributed by atoms with E-state index < -0.39 is 0 Å². The summed E-state index contributed by atoms with van der Waals surface area (Å²) in [5.74, 6) is 1.55. The van der Waals surface area contributed by atoms with Gasteiger partial charge in [-0.05, 0) is 50.6 Å². The van der Waals surface area contributed by atoms with Crippen LogP contribution in [0.3, 0.4) is 0 Å². The zero-order valence-electron chi connectivity index (χ0n) is 17.4. The van der Waals surface area contributed by atoms with Gasteiger partial charge in [-0.3, -0.25) is 9.69 Å². The molecular formula is C23H25ClN4O3. The van der Waals surface area contributed by atoms with E-state index in [9.17, 15) is 4.79 Å². The van der Waals surface area contributed by atoms with Crippen LogP contribution in [0.25, 0.3) is 11.4 Å². The van der Waals surface area contributed by atoms with E-state index in [1.807, 2.05) is 49.4 Å². The molecule has 0 radical (unpaired) electrons. The van der Waals surface area contributed by atoms with Crippen LogP contribution in [0.4, 0.5) is 5.69 Å². The van der Waals surface area contributed by atoms with Crippen molar-refractivity contribution in [2.45, 2.75) is 26.3 Å². The summed E-state index contributed by atoms with van der Waals surface area (Å²) in [4.78, 5) is 19.5. The molecule has 2 aromatic carbocycles. The van der Waals surface area contributed by atoms with Crippen molar-refractivity contribution < 1.29 is 14.1 Å². The first kappa shape index (κ1) is 21.3. The van der Waals surface area contributed by atoms with Crippen LogP contribution in [0.15, 0.2) is 53.1 Å². The number of amides is 1. The molecule has 2 heterocycles. The standard InChI is InChI=1S/C23H25ClN4O3/c1-2-30-20-12-6-5-11-19(20)25-23(29)16-8-7-13-28(14-16)15-21-26-22(27-31-21)17-9-3-4-10-18(17)24/h3-6,9-12,16H,2,7-8,13-15H2,1H3,(H,25,29). The van der Waals surface area contributed by atoms with Gasteiger partial charge in [-0.25, -0.2) is 0 Å². The number of para-hydroxylation sites is 2. The Morgan fingerprint density at radius 3 is 2.90 bits per heavy atom. The number of ether oxygens (including phenoxy) is 1. The van der Waals surface area contributed by atoms with Crippen molar-refractivity contribution in [1.29, 1.82) is 0 Å². The van der Waals surface area contributed by atoms with E-state index in [0.29, 0.717) is 47.9 Å². The molecule has 4 rings (SSSR count). The highest BCUT2D eigenvalue weighted by molar-refractivity contribution is 6.33. The number of aromatic nitrogens is 2. The second kappa shape index (κ2) is 9.94. The Hall–Kier alpha value is -2.90. The Morgan fingerprint density at radius 1 is 1.26 bits per heavy atom. The van der Waals surface area contributed by atoms with Gasteiger partial charge in [0.2, 0.25) is 17.6 Å². The summed E-state index contributed by atoms with van der Waals surface area (Å²) in [7, 11) is 0. The molecule has 0 aliphatic carbocycles. The van der Waals surface area contributed by atoms with E-state index in [4.69, 9.17) is 20.9 Å². The zero-order valence-corrected chi connectivity index (χ0v) is 18.1. The Kier molecular flexibility index (Phi) is 6.84. The van der Waals surface area contributed by atoms with Gasteiger partial charge >= 0.3 is 0 Å². The number of hydrogen-bond acceptors (Lipinski definition) is 6. The molecule has 31 heavy (non-hydrogen) atoms. The molecule has 1 aliphatic rings. The molecule has 0 bridgehead atoms. The molecule has 1 fully saturated rings. The Labute approximate surface area is 186 Å². The Morgan fingerprint density at radius 2 is 2.06 bits per heavy atom. The van der Waals surface area contributed by atoms with Crippen molar-refractivity contribution in [2.75, 3.05) is 25.0 Å². The maximum absolute atomic E-state index is 12.9. The minimum absolute atomic E-state index is 0.000798. The molecule has 0 spiro atoms. The number of carbonyl (C=O) groups is 1. The van der Waals surface area contributed by atoms with Gasteiger partial charge in [-0.15, -0.1) is 0 Å². The number of hydrogen-bond donors (Lipinski definition) is 1. The molecule has 0 saturated carbocycles. The predicted octanol–water partition coefficient (Wildman–Crippen LogP) is 4.64. The monoisotopic (exact) mass is 440 g/mol. The maximum atomic E-state index is 12.9. The van der Waals surface area contributed by atoms with Crippen molar-refractivity contribution in [2.24, 2.45) is 5.92 Å². The van der Waals surface area contributed by atoms with Gasteiger partial charge in [0.1, 0.15) is 5.75 Å². The van der Waals surface area contributed by atoms with Gasteiger partial charge < -0.3 is 14.6 Å². The van der Waals surface area contributed by atoms with Crippen LogP contribution < -0.4 is 10.1 Å². The first-order valence-electron chi connectivity index (χ1n) is 10.5. The van der Waals surface area contributed by atoms with Crippen LogP contribution >= 0.6 is 11.6 Å². The maximum Gasteiger partial charge on any atom is 0.241 e. The fourth-order valence-electron chi connectivity index (χ4n) is 3.76. The first-order chi connectivity index (χ1) is 15.1. The van der Waals surface area contributed by atoms with Gasteiger partial charge in [-0.1, -0.05) is 41.0 Å². The number of nitrogens with one attached hydrogen (secondary N) is 1. The third kappa shape index (κ3) is 5.24. The molecule has 1 aromatic heterocycles. The fourth-order valence-corrected chi connectivity index (χ4v) is 3.98. The van der Waals surface area contributed by atoms with E-state index in [1.54, 1.807) is 6.07 Å². The molecule has 162 valence electrons. The summed E-state index contributed by atoms with van der Waals surface area (Å²) >= 11 is 6.23. The van der Waals surface area contributed by atoms with Crippen molar-refractivity contribution in [3.05, 3.63) is 59.4 Å². The number of piperidine rings is 1. The summed E-state index contributed by atoms with van der Waals surface area (Å²) in [5, 5.41) is 7.66. The SMILES string of the molecule is CCOc1ccccc1NC(=O)C1CCCN(Cc2nc(-c3ccccc3Cl)no2)C1. The Bertz CT molecular complexity index is 1040. The molecule has 1 N–H and O–H groups in total. The van der Waals surface area contributed by atoms with Crippen molar-refractivity contribution >= 4 is 23.2 Å². The minimum Gasteiger partial charge on any atom is -0.492 e. The Balaban J connectivity index is 1.38. The number of likely N-dealkylation sites (tertiary alicyclic amines) is 1. The minimum atomic E-state index is -0.116. The number of benzene rings is 2. The molecule has 1 saturated heterocycles. The molecule has 7 nitrogen and oxygen atoms in total. The van der Waals surface area contributed by atoms with Crippen molar-refractivity contribution in [3.63, 3.8) is 0 Å². The topological polar surface area (TPSA) is 80.5 Å². The third-order valence-electron chi connectivity index (χ3n) is 5.26. The summed E-state index contributed by atoms with van der Waals surface area (Å²) in [6, 6.07) is 14.9. The van der Waals surface area contributed by atoms with E-state index in [1.165, 1.54) is 0 Å². The largest absolute Gasteiger partial charge is 0.492 e. The van der Waals surface area contributed by atoms with Crippen LogP contribution in [-0.2, 0) is 11.3 Å². The molecule has 1 aliphatic heterocycles. The zero-order chi connectivity index (χ0) is 21.6.